The van der Waals surface area contributed by atoms with E-state index < -0.39 is 0 Å². The Morgan fingerprint density at radius 2 is 1.94 bits per heavy atom. The molecule has 1 N–H and O–H groups in total. The van der Waals surface area contributed by atoms with Crippen LogP contribution in [0.25, 0.3) is 0 Å². The molecule has 2 aliphatic carbocycles. The van der Waals surface area contributed by atoms with Crippen molar-refractivity contribution in [3.63, 3.8) is 0 Å². The summed E-state index contributed by atoms with van der Waals surface area (Å²) >= 11 is 5.89. The van der Waals surface area contributed by atoms with Crippen molar-refractivity contribution in [2.75, 3.05) is 12.4 Å². The number of carbonyl (C=O) groups excluding carboxylic acids is 1. The van der Waals surface area contributed by atoms with Crippen molar-refractivity contribution in [1.29, 1.82) is 0 Å². The standard InChI is InChI=1S/C13H22ClNO/c1-10-2-4-11(5-3-10)12(16)15-9-13(8-14)6-7-13/h10-11H,2-9H2,1H3,(H,15,16). The van der Waals surface area contributed by atoms with Crippen molar-refractivity contribution < 1.29 is 4.79 Å². The molecule has 0 aromatic carbocycles. The van der Waals surface area contributed by atoms with Crippen LogP contribution in [0.5, 0.6) is 0 Å². The van der Waals surface area contributed by atoms with Crippen LogP contribution in [0.3, 0.4) is 0 Å². The number of alkyl halides is 1. The molecule has 3 heteroatoms. The molecule has 92 valence electrons. The predicted octanol–water partition coefficient (Wildman–Crippen LogP) is 2.95. The molecule has 2 nitrogen and oxygen atoms in total. The van der Waals surface area contributed by atoms with Crippen molar-refractivity contribution in [2.45, 2.75) is 45.4 Å². The number of carbonyl (C=O) groups is 1. The summed E-state index contributed by atoms with van der Waals surface area (Å²) in [4.78, 5) is 11.9. The summed E-state index contributed by atoms with van der Waals surface area (Å²) in [5, 5.41) is 3.10. The van der Waals surface area contributed by atoms with Gasteiger partial charge >= 0.3 is 0 Å². The fourth-order valence-corrected chi connectivity index (χ4v) is 2.84. The first-order chi connectivity index (χ1) is 7.65. The maximum Gasteiger partial charge on any atom is 0.223 e. The van der Waals surface area contributed by atoms with Crippen LogP contribution in [-0.2, 0) is 4.79 Å². The van der Waals surface area contributed by atoms with Gasteiger partial charge in [0.1, 0.15) is 0 Å². The van der Waals surface area contributed by atoms with Gasteiger partial charge in [0.2, 0.25) is 5.91 Å². The maximum atomic E-state index is 11.9. The van der Waals surface area contributed by atoms with Crippen LogP contribution in [-0.4, -0.2) is 18.3 Å². The lowest BCUT2D eigenvalue weighted by Gasteiger charge is -2.26. The van der Waals surface area contributed by atoms with Crippen LogP contribution >= 0.6 is 11.6 Å². The molecule has 2 aliphatic rings. The van der Waals surface area contributed by atoms with E-state index in [0.717, 1.165) is 25.3 Å². The van der Waals surface area contributed by atoms with Gasteiger partial charge in [-0.05, 0) is 44.4 Å². The average molecular weight is 244 g/mol. The topological polar surface area (TPSA) is 29.1 Å². The van der Waals surface area contributed by atoms with Gasteiger partial charge in [-0.15, -0.1) is 11.6 Å². The second-order valence-corrected chi connectivity index (χ2v) is 6.08. The molecule has 0 atom stereocenters. The number of amides is 1. The van der Waals surface area contributed by atoms with Gasteiger partial charge in [-0.2, -0.15) is 0 Å². The average Bonchev–Trinajstić information content (AvgIpc) is 3.08. The summed E-state index contributed by atoms with van der Waals surface area (Å²) in [5.74, 6) is 2.03. The van der Waals surface area contributed by atoms with E-state index in [4.69, 9.17) is 11.6 Å². The van der Waals surface area contributed by atoms with Crippen molar-refractivity contribution in [1.82, 2.24) is 5.32 Å². The summed E-state index contributed by atoms with van der Waals surface area (Å²) in [6.07, 6.45) is 6.91. The largest absolute Gasteiger partial charge is 0.355 e. The summed E-state index contributed by atoms with van der Waals surface area (Å²) in [6, 6.07) is 0. The van der Waals surface area contributed by atoms with Gasteiger partial charge in [0, 0.05) is 23.8 Å². The number of hydrogen-bond acceptors (Lipinski definition) is 1. The minimum atomic E-state index is 0.249. The monoisotopic (exact) mass is 243 g/mol. The smallest absolute Gasteiger partial charge is 0.223 e. The van der Waals surface area contributed by atoms with Gasteiger partial charge in [0.05, 0.1) is 0 Å². The summed E-state index contributed by atoms with van der Waals surface area (Å²) in [5.41, 5.74) is 0.249. The van der Waals surface area contributed by atoms with E-state index >= 15 is 0 Å². The highest BCUT2D eigenvalue weighted by atomic mass is 35.5. The molecule has 0 unspecified atom stereocenters. The minimum Gasteiger partial charge on any atom is -0.355 e. The fraction of sp³-hybridized carbons (Fsp3) is 0.923. The van der Waals surface area contributed by atoms with Crippen molar-refractivity contribution in [2.24, 2.45) is 17.3 Å². The third-order valence-electron chi connectivity index (χ3n) is 4.26. The Morgan fingerprint density at radius 1 is 1.31 bits per heavy atom. The van der Waals surface area contributed by atoms with Gasteiger partial charge in [0.15, 0.2) is 0 Å². The van der Waals surface area contributed by atoms with Crippen molar-refractivity contribution in [3.05, 3.63) is 0 Å². The molecule has 0 bridgehead atoms. The Balaban J connectivity index is 1.71. The molecule has 0 spiro atoms. The van der Waals surface area contributed by atoms with Crippen LogP contribution in [0, 0.1) is 17.3 Å². The zero-order valence-electron chi connectivity index (χ0n) is 10.1. The number of nitrogens with one attached hydrogen (secondary N) is 1. The molecule has 1 amide bonds. The summed E-state index contributed by atoms with van der Waals surface area (Å²) < 4.78 is 0. The van der Waals surface area contributed by atoms with Crippen molar-refractivity contribution in [3.8, 4) is 0 Å². The molecular weight excluding hydrogens is 222 g/mol. The van der Waals surface area contributed by atoms with Gasteiger partial charge in [-0.3, -0.25) is 4.79 Å². The molecule has 16 heavy (non-hydrogen) atoms. The van der Waals surface area contributed by atoms with Gasteiger partial charge < -0.3 is 5.32 Å². The Bertz CT molecular complexity index is 255. The van der Waals surface area contributed by atoms with E-state index in [-0.39, 0.29) is 17.2 Å². The molecule has 0 radical (unpaired) electrons. The molecule has 0 aromatic heterocycles. The normalized spacial score (nSPS) is 32.1. The van der Waals surface area contributed by atoms with E-state index in [9.17, 15) is 4.79 Å². The lowest BCUT2D eigenvalue weighted by atomic mass is 9.82. The summed E-state index contributed by atoms with van der Waals surface area (Å²) in [7, 11) is 0. The van der Waals surface area contributed by atoms with Gasteiger partial charge in [0.25, 0.3) is 0 Å². The lowest BCUT2D eigenvalue weighted by molar-refractivity contribution is -0.126. The number of rotatable bonds is 4. The molecule has 2 rings (SSSR count). The summed E-state index contributed by atoms with van der Waals surface area (Å²) in [6.45, 7) is 3.07. The number of hydrogen-bond donors (Lipinski definition) is 1. The zero-order chi connectivity index (χ0) is 11.6. The lowest BCUT2D eigenvalue weighted by Crippen LogP contribution is -2.37. The molecule has 2 saturated carbocycles. The predicted molar refractivity (Wildman–Crippen MR) is 66.5 cm³/mol. The van der Waals surface area contributed by atoms with Gasteiger partial charge in [-0.1, -0.05) is 6.92 Å². The first kappa shape index (κ1) is 12.2. The van der Waals surface area contributed by atoms with Crippen molar-refractivity contribution >= 4 is 17.5 Å². The molecule has 0 aliphatic heterocycles. The highest BCUT2D eigenvalue weighted by Gasteiger charge is 2.42. The fourth-order valence-electron chi connectivity index (χ4n) is 2.48. The van der Waals surface area contributed by atoms with Crippen LogP contribution in [0.1, 0.15) is 45.4 Å². The highest BCUT2D eigenvalue weighted by molar-refractivity contribution is 6.18. The SMILES string of the molecule is CC1CCC(C(=O)NCC2(CCl)CC2)CC1. The minimum absolute atomic E-state index is 0.249. The molecular formula is C13H22ClNO. The third kappa shape index (κ3) is 2.91. The van der Waals surface area contributed by atoms with E-state index in [0.29, 0.717) is 5.88 Å². The Hall–Kier alpha value is -0.240. The first-order valence-corrected chi connectivity index (χ1v) is 7.02. The van der Waals surface area contributed by atoms with E-state index in [1.807, 2.05) is 0 Å². The Morgan fingerprint density at radius 3 is 2.44 bits per heavy atom. The second-order valence-electron chi connectivity index (χ2n) is 5.81. The van der Waals surface area contributed by atoms with E-state index in [1.165, 1.54) is 25.7 Å². The Labute approximate surface area is 103 Å². The number of halogens is 1. The quantitative estimate of drug-likeness (QED) is 0.756. The highest BCUT2D eigenvalue weighted by Crippen LogP contribution is 2.45. The maximum absolute atomic E-state index is 11.9. The first-order valence-electron chi connectivity index (χ1n) is 6.49. The van der Waals surface area contributed by atoms with Crippen LogP contribution in [0.4, 0.5) is 0 Å². The Kier molecular flexibility index (Phi) is 3.78. The van der Waals surface area contributed by atoms with Crippen LogP contribution < -0.4 is 5.32 Å². The third-order valence-corrected chi connectivity index (χ3v) is 4.83. The molecule has 0 heterocycles. The van der Waals surface area contributed by atoms with Gasteiger partial charge in [-0.25, -0.2) is 0 Å². The van der Waals surface area contributed by atoms with E-state index in [1.54, 1.807) is 0 Å². The molecule has 0 saturated heterocycles. The van der Waals surface area contributed by atoms with E-state index in [2.05, 4.69) is 12.2 Å². The molecule has 2 fully saturated rings. The van der Waals surface area contributed by atoms with Crippen LogP contribution in [0.15, 0.2) is 0 Å². The second kappa shape index (κ2) is 4.95. The zero-order valence-corrected chi connectivity index (χ0v) is 10.9. The molecule has 0 aromatic rings. The van der Waals surface area contributed by atoms with Crippen LogP contribution in [0.2, 0.25) is 0 Å².